The quantitative estimate of drug-likeness (QED) is 0.828. The molecule has 1 aliphatic heterocycles. The van der Waals surface area contributed by atoms with Gasteiger partial charge in [-0.3, -0.25) is 5.43 Å². The standard InChI is InChI=1S/C18H18ClF3N2O/c1-11-9-13-5-8-15(25-18(20,21)22)10-16(13)17(24(2)23-11)12-3-6-14(19)7-4-12/h3-8,10-11,17,23H,9H2,1-2H3. The van der Waals surface area contributed by atoms with Crippen LogP contribution in [0.4, 0.5) is 13.2 Å². The van der Waals surface area contributed by atoms with E-state index in [9.17, 15) is 13.2 Å². The molecule has 1 heterocycles. The highest BCUT2D eigenvalue weighted by atomic mass is 35.5. The lowest BCUT2D eigenvalue weighted by molar-refractivity contribution is -0.274. The van der Waals surface area contributed by atoms with Crippen LogP contribution in [0.3, 0.4) is 0 Å². The summed E-state index contributed by atoms with van der Waals surface area (Å²) in [5, 5.41) is 2.52. The third kappa shape index (κ3) is 4.26. The van der Waals surface area contributed by atoms with Crippen molar-refractivity contribution in [3.8, 4) is 5.75 Å². The summed E-state index contributed by atoms with van der Waals surface area (Å²) >= 11 is 5.97. The van der Waals surface area contributed by atoms with E-state index in [0.29, 0.717) is 11.4 Å². The maximum Gasteiger partial charge on any atom is 0.573 e. The minimum absolute atomic E-state index is 0.149. The predicted octanol–water partition coefficient (Wildman–Crippen LogP) is 4.71. The van der Waals surface area contributed by atoms with Crippen LogP contribution in [0.15, 0.2) is 42.5 Å². The molecule has 7 heteroatoms. The Morgan fingerprint density at radius 1 is 1.16 bits per heavy atom. The molecule has 2 aromatic rings. The maximum atomic E-state index is 12.6. The highest BCUT2D eigenvalue weighted by molar-refractivity contribution is 6.30. The molecular formula is C18H18ClF3N2O. The first kappa shape index (κ1) is 18.0. The molecule has 3 nitrogen and oxygen atoms in total. The van der Waals surface area contributed by atoms with Gasteiger partial charge in [-0.25, -0.2) is 5.01 Å². The number of nitrogens with zero attached hydrogens (tertiary/aromatic N) is 1. The Kier molecular flexibility index (Phi) is 4.95. The maximum absolute atomic E-state index is 12.6. The van der Waals surface area contributed by atoms with Crippen LogP contribution < -0.4 is 10.2 Å². The summed E-state index contributed by atoms with van der Waals surface area (Å²) in [6, 6.07) is 11.7. The molecule has 2 unspecified atom stereocenters. The molecule has 0 aliphatic carbocycles. The molecule has 0 aromatic heterocycles. The summed E-state index contributed by atoms with van der Waals surface area (Å²) in [4.78, 5) is 0. The fourth-order valence-electron chi connectivity index (χ4n) is 3.27. The molecule has 2 aromatic carbocycles. The Balaban J connectivity index is 2.08. The molecule has 0 bridgehead atoms. The van der Waals surface area contributed by atoms with Crippen molar-refractivity contribution in [2.75, 3.05) is 7.05 Å². The first-order valence-electron chi connectivity index (χ1n) is 7.86. The minimum atomic E-state index is -4.72. The molecule has 2 atom stereocenters. The number of hydrazine groups is 1. The zero-order valence-electron chi connectivity index (χ0n) is 13.8. The summed E-state index contributed by atoms with van der Waals surface area (Å²) in [6.07, 6.45) is -4.01. The first-order valence-corrected chi connectivity index (χ1v) is 8.24. The van der Waals surface area contributed by atoms with Crippen molar-refractivity contribution < 1.29 is 17.9 Å². The SMILES string of the molecule is CC1Cc2ccc(OC(F)(F)F)cc2C(c2ccc(Cl)cc2)N(C)N1. The Labute approximate surface area is 149 Å². The topological polar surface area (TPSA) is 24.5 Å². The zero-order chi connectivity index (χ0) is 18.2. The van der Waals surface area contributed by atoms with Crippen LogP contribution in [0.25, 0.3) is 0 Å². The molecular weight excluding hydrogens is 353 g/mol. The van der Waals surface area contributed by atoms with Crippen molar-refractivity contribution in [1.82, 2.24) is 10.4 Å². The zero-order valence-corrected chi connectivity index (χ0v) is 14.5. The number of hydrogen-bond donors (Lipinski definition) is 1. The third-order valence-corrected chi connectivity index (χ3v) is 4.42. The van der Waals surface area contributed by atoms with Gasteiger partial charge >= 0.3 is 6.36 Å². The van der Waals surface area contributed by atoms with Gasteiger partial charge in [-0.2, -0.15) is 0 Å². The summed E-state index contributed by atoms with van der Waals surface area (Å²) in [7, 11) is 1.88. The molecule has 0 radical (unpaired) electrons. The van der Waals surface area contributed by atoms with Gasteiger partial charge in [0.15, 0.2) is 0 Å². The molecule has 0 saturated carbocycles. The first-order chi connectivity index (χ1) is 11.7. The van der Waals surface area contributed by atoms with Gasteiger partial charge in [-0.1, -0.05) is 29.8 Å². The summed E-state index contributed by atoms with van der Waals surface area (Å²) in [5.41, 5.74) is 6.05. The van der Waals surface area contributed by atoms with Crippen LogP contribution in [-0.2, 0) is 6.42 Å². The number of alkyl halides is 3. The number of fused-ring (bicyclic) bond motifs is 1. The van der Waals surface area contributed by atoms with Crippen molar-refractivity contribution in [2.24, 2.45) is 0 Å². The summed E-state index contributed by atoms with van der Waals surface area (Å²) < 4.78 is 41.9. The molecule has 1 aliphatic rings. The number of rotatable bonds is 2. The van der Waals surface area contributed by atoms with Crippen LogP contribution in [0.5, 0.6) is 5.75 Å². The van der Waals surface area contributed by atoms with E-state index >= 15 is 0 Å². The molecule has 0 amide bonds. The average molecular weight is 371 g/mol. The highest BCUT2D eigenvalue weighted by Crippen LogP contribution is 2.36. The second kappa shape index (κ2) is 6.86. The Morgan fingerprint density at radius 2 is 1.84 bits per heavy atom. The van der Waals surface area contributed by atoms with Crippen molar-refractivity contribution in [2.45, 2.75) is 31.8 Å². The minimum Gasteiger partial charge on any atom is -0.406 e. The number of ether oxygens (including phenoxy) is 1. The molecule has 0 saturated heterocycles. The summed E-state index contributed by atoms with van der Waals surface area (Å²) in [6.45, 7) is 2.03. The molecule has 134 valence electrons. The molecule has 0 spiro atoms. The second-order valence-electron chi connectivity index (χ2n) is 6.21. The van der Waals surface area contributed by atoms with Crippen LogP contribution in [0.2, 0.25) is 5.02 Å². The number of nitrogens with one attached hydrogen (secondary N) is 1. The monoisotopic (exact) mass is 370 g/mol. The molecule has 0 fully saturated rings. The fourth-order valence-corrected chi connectivity index (χ4v) is 3.39. The van der Waals surface area contributed by atoms with E-state index in [-0.39, 0.29) is 17.8 Å². The molecule has 1 N–H and O–H groups in total. The Bertz CT molecular complexity index is 749. The van der Waals surface area contributed by atoms with E-state index in [0.717, 1.165) is 16.7 Å². The number of benzene rings is 2. The van der Waals surface area contributed by atoms with Gasteiger partial charge in [0.25, 0.3) is 0 Å². The van der Waals surface area contributed by atoms with Crippen LogP contribution in [0.1, 0.15) is 29.7 Å². The van der Waals surface area contributed by atoms with Gasteiger partial charge in [-0.15, -0.1) is 13.2 Å². The fraction of sp³-hybridized carbons (Fsp3) is 0.333. The van der Waals surface area contributed by atoms with Gasteiger partial charge in [0.05, 0.1) is 6.04 Å². The normalized spacial score (nSPS) is 21.5. The third-order valence-electron chi connectivity index (χ3n) is 4.17. The molecule has 3 rings (SSSR count). The number of halogens is 4. The van der Waals surface area contributed by atoms with Crippen molar-refractivity contribution >= 4 is 11.6 Å². The van der Waals surface area contributed by atoms with Gasteiger partial charge in [0, 0.05) is 18.1 Å². The predicted molar refractivity (Wildman–Crippen MR) is 90.5 cm³/mol. The van der Waals surface area contributed by atoms with Crippen LogP contribution in [-0.4, -0.2) is 24.5 Å². The van der Waals surface area contributed by atoms with Crippen molar-refractivity contribution in [3.63, 3.8) is 0 Å². The lowest BCUT2D eigenvalue weighted by Gasteiger charge is -2.29. The smallest absolute Gasteiger partial charge is 0.406 e. The Hall–Kier alpha value is -1.76. The van der Waals surface area contributed by atoms with E-state index in [1.54, 1.807) is 18.2 Å². The highest BCUT2D eigenvalue weighted by Gasteiger charge is 2.33. The van der Waals surface area contributed by atoms with Gasteiger partial charge < -0.3 is 4.74 Å². The van der Waals surface area contributed by atoms with E-state index in [1.165, 1.54) is 12.1 Å². The van der Waals surface area contributed by atoms with Gasteiger partial charge in [0.1, 0.15) is 5.75 Å². The molecule has 25 heavy (non-hydrogen) atoms. The lowest BCUT2D eigenvalue weighted by atomic mass is 9.92. The van der Waals surface area contributed by atoms with Crippen LogP contribution >= 0.6 is 11.6 Å². The van der Waals surface area contributed by atoms with Crippen molar-refractivity contribution in [1.29, 1.82) is 0 Å². The largest absolute Gasteiger partial charge is 0.573 e. The van der Waals surface area contributed by atoms with Crippen molar-refractivity contribution in [3.05, 3.63) is 64.2 Å². The number of hydrogen-bond acceptors (Lipinski definition) is 3. The average Bonchev–Trinajstić information content (AvgIpc) is 2.61. The van der Waals surface area contributed by atoms with E-state index in [1.807, 2.05) is 31.1 Å². The van der Waals surface area contributed by atoms with E-state index < -0.39 is 6.36 Å². The summed E-state index contributed by atoms with van der Waals surface area (Å²) in [5.74, 6) is -0.215. The second-order valence-corrected chi connectivity index (χ2v) is 6.64. The van der Waals surface area contributed by atoms with Gasteiger partial charge in [0.2, 0.25) is 0 Å². The Morgan fingerprint density at radius 3 is 2.48 bits per heavy atom. The van der Waals surface area contributed by atoms with E-state index in [2.05, 4.69) is 10.2 Å². The van der Waals surface area contributed by atoms with Gasteiger partial charge in [-0.05, 0) is 54.3 Å². The lowest BCUT2D eigenvalue weighted by Crippen LogP contribution is -2.42. The van der Waals surface area contributed by atoms with Crippen LogP contribution in [0, 0.1) is 0 Å². The van der Waals surface area contributed by atoms with E-state index in [4.69, 9.17) is 11.6 Å².